The molecule has 2 aromatic carbocycles. The van der Waals surface area contributed by atoms with Crippen LogP contribution in [-0.2, 0) is 30.5 Å². The normalized spacial score (nSPS) is 19.1. The number of anilines is 1. The Morgan fingerprint density at radius 3 is 2.26 bits per heavy atom. The number of unbranched alkanes of at least 4 members (excludes halogenated alkanes) is 5. The number of hydrogen-bond acceptors (Lipinski definition) is 12. The number of rotatable bonds is 18. The third-order valence-electron chi connectivity index (χ3n) is 11.7. The van der Waals surface area contributed by atoms with Crippen LogP contribution in [0.25, 0.3) is 21.7 Å². The molecule has 0 spiro atoms. The number of Topliss-reactive ketones (excluding diaryl/α,β-unsaturated/α-hetero) is 1. The topological polar surface area (TPSA) is 230 Å². The molecule has 1 saturated carbocycles. The Hall–Kier alpha value is -5.74. The van der Waals surface area contributed by atoms with Crippen molar-refractivity contribution in [3.05, 3.63) is 76.9 Å². The number of thiazole rings is 1. The molecule has 2 fully saturated rings. The second-order valence-electron chi connectivity index (χ2n) is 17.5. The molecule has 15 nitrogen and oxygen atoms in total. The number of hydrogen-bond donors (Lipinski definition) is 6. The molecule has 0 bridgehead atoms. The summed E-state index contributed by atoms with van der Waals surface area (Å²) in [5, 5.41) is 37.5. The third kappa shape index (κ3) is 11.4. The highest BCUT2D eigenvalue weighted by Gasteiger charge is 2.45. The number of aromatic nitrogens is 3. The summed E-state index contributed by atoms with van der Waals surface area (Å²) in [4.78, 5) is 72.9. The number of ketones is 1. The van der Waals surface area contributed by atoms with E-state index in [1.807, 2.05) is 57.5 Å². The molecular weight excluding hydrogens is 809 g/mol. The summed E-state index contributed by atoms with van der Waals surface area (Å²) in [7, 11) is 0. The Balaban J connectivity index is 0.870. The average molecular weight is 867 g/mol. The summed E-state index contributed by atoms with van der Waals surface area (Å²) in [5.74, 6) is -1.64. The second kappa shape index (κ2) is 20.4. The van der Waals surface area contributed by atoms with Gasteiger partial charge in [0.05, 0.1) is 39.8 Å². The maximum absolute atomic E-state index is 14.0. The summed E-state index contributed by atoms with van der Waals surface area (Å²) in [6.45, 7) is 7.83. The first kappa shape index (κ1) is 45.8. The minimum atomic E-state index is -0.890. The van der Waals surface area contributed by atoms with Gasteiger partial charge in [0.2, 0.25) is 23.6 Å². The van der Waals surface area contributed by atoms with Crippen molar-refractivity contribution in [1.29, 1.82) is 0 Å². The van der Waals surface area contributed by atoms with Crippen molar-refractivity contribution in [3.63, 3.8) is 0 Å². The standard InChI is InChI=1S/C46H58N8O7S/c1-27-41(62-26-49-27)29-19-17-28(18-20-29)24-48-44(60)36-21-30(55)25-54(36)45(61)42(46(2,3)4)51-39(58)16-10-8-6-5-7-9-15-38(57)50-35-22-32(40(35)59)33-23-34(52-53-43(33)47)31-13-11-12-14-37(31)56/h11-14,17-20,23,26,30,32,35-36,42,55-56H,5-10,15-16,21-22,24-25H2,1-4H3,(H2,47,53)(H,48,60)(H,50,57)(H,51,58)/t30-,32?,35?,36+,42?/m1/s1. The van der Waals surface area contributed by atoms with Gasteiger partial charge in [-0.3, -0.25) is 24.0 Å². The molecule has 3 heterocycles. The number of aryl methyl sites for hydroxylation is 1. The van der Waals surface area contributed by atoms with Crippen LogP contribution in [0.2, 0.25) is 0 Å². The van der Waals surface area contributed by atoms with Gasteiger partial charge in [-0.1, -0.05) is 82.9 Å². The summed E-state index contributed by atoms with van der Waals surface area (Å²) >= 11 is 1.57. The quantitative estimate of drug-likeness (QED) is 0.0700. The number of likely N-dealkylation sites (tertiary alicyclic amines) is 1. The van der Waals surface area contributed by atoms with Crippen molar-refractivity contribution in [3.8, 4) is 27.4 Å². The molecule has 4 amide bonds. The highest BCUT2D eigenvalue weighted by atomic mass is 32.1. The minimum absolute atomic E-state index is 0.00647. The average Bonchev–Trinajstić information content (AvgIpc) is 3.86. The summed E-state index contributed by atoms with van der Waals surface area (Å²) in [6, 6.07) is 13.9. The van der Waals surface area contributed by atoms with Crippen LogP contribution in [0.15, 0.2) is 60.1 Å². The van der Waals surface area contributed by atoms with E-state index in [0.717, 1.165) is 47.4 Å². The van der Waals surface area contributed by atoms with Crippen LogP contribution in [0.3, 0.4) is 0 Å². The molecule has 2 aliphatic rings. The van der Waals surface area contributed by atoms with Gasteiger partial charge in [0.25, 0.3) is 0 Å². The number of aromatic hydroxyl groups is 1. The Morgan fingerprint density at radius 2 is 1.61 bits per heavy atom. The van der Waals surface area contributed by atoms with Crippen LogP contribution in [0.4, 0.5) is 5.82 Å². The number of carbonyl (C=O) groups excluding carboxylic acids is 5. The Bertz CT molecular complexity index is 2240. The zero-order chi connectivity index (χ0) is 44.6. The molecule has 6 rings (SSSR count). The number of nitrogen functional groups attached to an aromatic ring is 1. The highest BCUT2D eigenvalue weighted by molar-refractivity contribution is 7.13. The molecule has 1 saturated heterocycles. The van der Waals surface area contributed by atoms with Gasteiger partial charge in [-0.2, -0.15) is 0 Å². The molecule has 3 unspecified atom stereocenters. The van der Waals surface area contributed by atoms with Crippen LogP contribution in [0.1, 0.15) is 108 Å². The summed E-state index contributed by atoms with van der Waals surface area (Å²) in [6.07, 6.45) is 4.89. The number of phenolic OH excluding ortho intramolecular Hbond substituents is 1. The molecule has 16 heteroatoms. The highest BCUT2D eigenvalue weighted by Crippen LogP contribution is 2.38. The first-order chi connectivity index (χ1) is 29.6. The lowest BCUT2D eigenvalue weighted by atomic mass is 9.74. The fourth-order valence-corrected chi connectivity index (χ4v) is 8.85. The van der Waals surface area contributed by atoms with Gasteiger partial charge in [-0.15, -0.1) is 21.5 Å². The zero-order valence-corrected chi connectivity index (χ0v) is 36.7. The van der Waals surface area contributed by atoms with E-state index in [-0.39, 0.29) is 61.0 Å². The lowest BCUT2D eigenvalue weighted by molar-refractivity contribution is -0.144. The molecule has 330 valence electrons. The van der Waals surface area contributed by atoms with Crippen LogP contribution < -0.4 is 21.7 Å². The van der Waals surface area contributed by atoms with Crippen LogP contribution in [0, 0.1) is 12.3 Å². The molecule has 1 aliphatic heterocycles. The van der Waals surface area contributed by atoms with Crippen molar-refractivity contribution in [2.75, 3.05) is 12.3 Å². The maximum Gasteiger partial charge on any atom is 0.246 e. The monoisotopic (exact) mass is 866 g/mol. The number of phenols is 1. The fraction of sp³-hybridized carbons (Fsp3) is 0.478. The van der Waals surface area contributed by atoms with Crippen LogP contribution in [-0.4, -0.2) is 90.5 Å². The molecule has 5 atom stereocenters. The fourth-order valence-electron chi connectivity index (χ4n) is 8.04. The van der Waals surface area contributed by atoms with Crippen LogP contribution >= 0.6 is 11.3 Å². The first-order valence-corrected chi connectivity index (χ1v) is 22.3. The van der Waals surface area contributed by atoms with Gasteiger partial charge >= 0.3 is 0 Å². The molecular formula is C46H58N8O7S. The van der Waals surface area contributed by atoms with E-state index >= 15 is 0 Å². The maximum atomic E-state index is 14.0. The Labute approximate surface area is 366 Å². The van der Waals surface area contributed by atoms with Gasteiger partial charge in [-0.25, -0.2) is 4.98 Å². The van der Waals surface area contributed by atoms with Gasteiger partial charge in [0.1, 0.15) is 23.7 Å². The van der Waals surface area contributed by atoms with E-state index in [1.165, 1.54) is 4.90 Å². The van der Waals surface area contributed by atoms with Crippen molar-refractivity contribution < 1.29 is 34.2 Å². The number of nitrogens with zero attached hydrogens (tertiary/aromatic N) is 4. The number of benzene rings is 2. The third-order valence-corrected chi connectivity index (χ3v) is 12.6. The van der Waals surface area contributed by atoms with Crippen molar-refractivity contribution in [2.45, 2.75) is 129 Å². The minimum Gasteiger partial charge on any atom is -0.507 e. The number of para-hydroxylation sites is 1. The number of aliphatic hydroxyl groups is 1. The smallest absolute Gasteiger partial charge is 0.246 e. The number of carbonyl (C=O) groups is 5. The molecule has 62 heavy (non-hydrogen) atoms. The summed E-state index contributed by atoms with van der Waals surface area (Å²) in [5.41, 5.74) is 11.6. The van der Waals surface area contributed by atoms with Gasteiger partial charge in [-0.05, 0) is 60.9 Å². The van der Waals surface area contributed by atoms with E-state index in [4.69, 9.17) is 5.73 Å². The molecule has 2 aromatic heterocycles. The molecule has 7 N–H and O–H groups in total. The van der Waals surface area contributed by atoms with Crippen molar-refractivity contribution in [2.24, 2.45) is 5.41 Å². The number of nitrogens with two attached hydrogens (primary N) is 1. The SMILES string of the molecule is Cc1ncsc1-c1ccc(CNC(=O)[C@@H]2C[C@@H](O)CN2C(=O)C(NC(=O)CCCCCCCCC(=O)NC2CC(c3cc(-c4ccccc4O)nnc3N)C2=O)C(C)(C)C)cc1. The number of aliphatic hydroxyl groups excluding tert-OH is 1. The van der Waals surface area contributed by atoms with Gasteiger partial charge in [0, 0.05) is 43.5 Å². The van der Waals surface area contributed by atoms with E-state index in [2.05, 4.69) is 31.1 Å². The van der Waals surface area contributed by atoms with E-state index in [1.54, 1.807) is 41.7 Å². The van der Waals surface area contributed by atoms with E-state index in [9.17, 15) is 34.2 Å². The zero-order valence-electron chi connectivity index (χ0n) is 35.9. The number of β-amino-alcohol motifs (C(OH)–C–C–N with tert-alkyl or cyclic N) is 1. The molecule has 1 aliphatic carbocycles. The van der Waals surface area contributed by atoms with Gasteiger partial charge in [0.15, 0.2) is 5.78 Å². The molecule has 0 radical (unpaired) electrons. The molecule has 4 aromatic rings. The van der Waals surface area contributed by atoms with E-state index in [0.29, 0.717) is 42.5 Å². The van der Waals surface area contributed by atoms with Gasteiger partial charge < -0.3 is 36.8 Å². The Morgan fingerprint density at radius 1 is 0.935 bits per heavy atom. The van der Waals surface area contributed by atoms with E-state index < -0.39 is 41.5 Å². The number of nitrogens with one attached hydrogen (secondary N) is 3. The Kier molecular flexibility index (Phi) is 15.1. The second-order valence-corrected chi connectivity index (χ2v) is 18.3. The lowest BCUT2D eigenvalue weighted by Crippen LogP contribution is -2.57. The number of amides is 4. The first-order valence-electron chi connectivity index (χ1n) is 21.4. The summed E-state index contributed by atoms with van der Waals surface area (Å²) < 4.78 is 0. The largest absolute Gasteiger partial charge is 0.507 e. The van der Waals surface area contributed by atoms with Crippen molar-refractivity contribution >= 4 is 46.6 Å². The predicted octanol–water partition coefficient (Wildman–Crippen LogP) is 5.33. The van der Waals surface area contributed by atoms with Crippen molar-refractivity contribution in [1.82, 2.24) is 36.0 Å². The van der Waals surface area contributed by atoms with Crippen LogP contribution in [0.5, 0.6) is 5.75 Å². The lowest BCUT2D eigenvalue weighted by Gasteiger charge is -2.35. The predicted molar refractivity (Wildman–Crippen MR) is 236 cm³/mol.